The number of alkyl halides is 1. The first kappa shape index (κ1) is 11.2. The van der Waals surface area contributed by atoms with E-state index in [1.54, 1.807) is 12.4 Å². The van der Waals surface area contributed by atoms with Crippen molar-refractivity contribution in [3.05, 3.63) is 18.0 Å². The standard InChI is InChI=1S/C9H14BrN3O/c1-2-13(5-3-4-10)9(14)8-6-11-12-7-8/h6-7H,2-5H2,1H3,(H,11,12). The Labute approximate surface area is 91.8 Å². The monoisotopic (exact) mass is 259 g/mol. The largest absolute Gasteiger partial charge is 0.339 e. The minimum atomic E-state index is 0.0437. The SMILES string of the molecule is CCN(CCCBr)C(=O)c1cn[nH]c1. The van der Waals surface area contributed by atoms with Crippen LogP contribution in [-0.2, 0) is 0 Å². The maximum absolute atomic E-state index is 11.8. The molecule has 78 valence electrons. The van der Waals surface area contributed by atoms with E-state index < -0.39 is 0 Å². The maximum atomic E-state index is 11.8. The van der Waals surface area contributed by atoms with Crippen LogP contribution in [0.4, 0.5) is 0 Å². The molecule has 0 unspecified atom stereocenters. The molecule has 1 aromatic heterocycles. The van der Waals surface area contributed by atoms with Crippen molar-refractivity contribution >= 4 is 21.8 Å². The van der Waals surface area contributed by atoms with E-state index in [1.165, 1.54) is 0 Å². The molecule has 0 fully saturated rings. The third kappa shape index (κ3) is 2.83. The summed E-state index contributed by atoms with van der Waals surface area (Å²) in [5.74, 6) is 0.0437. The summed E-state index contributed by atoms with van der Waals surface area (Å²) >= 11 is 3.35. The summed E-state index contributed by atoms with van der Waals surface area (Å²) in [6.45, 7) is 3.50. The van der Waals surface area contributed by atoms with Crippen molar-refractivity contribution in [3.8, 4) is 0 Å². The fraction of sp³-hybridized carbons (Fsp3) is 0.556. The van der Waals surface area contributed by atoms with Gasteiger partial charge in [-0.3, -0.25) is 9.89 Å². The van der Waals surface area contributed by atoms with E-state index in [0.29, 0.717) is 5.56 Å². The molecule has 0 aliphatic carbocycles. The van der Waals surface area contributed by atoms with Gasteiger partial charge >= 0.3 is 0 Å². The van der Waals surface area contributed by atoms with Gasteiger partial charge in [0, 0.05) is 24.6 Å². The average Bonchev–Trinajstić information content (AvgIpc) is 2.71. The first-order chi connectivity index (χ1) is 6.79. The Balaban J connectivity index is 2.56. The lowest BCUT2D eigenvalue weighted by Crippen LogP contribution is -2.31. The molecule has 1 amide bonds. The van der Waals surface area contributed by atoms with Crippen molar-refractivity contribution in [1.29, 1.82) is 0 Å². The van der Waals surface area contributed by atoms with E-state index >= 15 is 0 Å². The van der Waals surface area contributed by atoms with Gasteiger partial charge in [0.15, 0.2) is 0 Å². The van der Waals surface area contributed by atoms with Crippen LogP contribution in [0.3, 0.4) is 0 Å². The van der Waals surface area contributed by atoms with Crippen LogP contribution >= 0.6 is 15.9 Å². The van der Waals surface area contributed by atoms with E-state index in [2.05, 4.69) is 26.1 Å². The zero-order chi connectivity index (χ0) is 10.4. The molecule has 0 bridgehead atoms. The Morgan fingerprint density at radius 1 is 1.71 bits per heavy atom. The second-order valence-corrected chi connectivity index (χ2v) is 3.71. The molecule has 1 aromatic rings. The topological polar surface area (TPSA) is 49.0 Å². The highest BCUT2D eigenvalue weighted by molar-refractivity contribution is 9.09. The van der Waals surface area contributed by atoms with E-state index in [-0.39, 0.29) is 5.91 Å². The van der Waals surface area contributed by atoms with Crippen molar-refractivity contribution < 1.29 is 4.79 Å². The van der Waals surface area contributed by atoms with Crippen LogP contribution in [-0.4, -0.2) is 39.4 Å². The van der Waals surface area contributed by atoms with Crippen LogP contribution in [0.1, 0.15) is 23.7 Å². The number of halogens is 1. The van der Waals surface area contributed by atoms with Crippen molar-refractivity contribution in [2.45, 2.75) is 13.3 Å². The third-order valence-electron chi connectivity index (χ3n) is 1.98. The summed E-state index contributed by atoms with van der Waals surface area (Å²) in [5.41, 5.74) is 0.626. The number of aromatic nitrogens is 2. The molecular formula is C9H14BrN3O. The van der Waals surface area contributed by atoms with Gasteiger partial charge in [-0.05, 0) is 13.3 Å². The molecule has 0 saturated carbocycles. The third-order valence-corrected chi connectivity index (χ3v) is 2.54. The quantitative estimate of drug-likeness (QED) is 0.818. The molecule has 0 radical (unpaired) electrons. The van der Waals surface area contributed by atoms with Gasteiger partial charge in [-0.2, -0.15) is 5.10 Å². The molecule has 4 nitrogen and oxygen atoms in total. The van der Waals surface area contributed by atoms with E-state index in [9.17, 15) is 4.79 Å². The van der Waals surface area contributed by atoms with Crippen LogP contribution in [0.25, 0.3) is 0 Å². The molecule has 1 N–H and O–H groups in total. The number of nitrogens with zero attached hydrogens (tertiary/aromatic N) is 2. The van der Waals surface area contributed by atoms with Crippen LogP contribution in [0.2, 0.25) is 0 Å². The number of carbonyl (C=O) groups is 1. The molecule has 0 spiro atoms. The summed E-state index contributed by atoms with van der Waals surface area (Å²) in [5, 5.41) is 7.32. The number of carbonyl (C=O) groups excluding carboxylic acids is 1. The average molecular weight is 260 g/mol. The molecule has 0 aliphatic heterocycles. The van der Waals surface area contributed by atoms with Crippen LogP contribution < -0.4 is 0 Å². The number of amides is 1. The Morgan fingerprint density at radius 2 is 2.50 bits per heavy atom. The number of aromatic amines is 1. The second-order valence-electron chi connectivity index (χ2n) is 2.91. The highest BCUT2D eigenvalue weighted by atomic mass is 79.9. The summed E-state index contributed by atoms with van der Waals surface area (Å²) < 4.78 is 0. The zero-order valence-corrected chi connectivity index (χ0v) is 9.75. The number of rotatable bonds is 5. The number of hydrogen-bond donors (Lipinski definition) is 1. The molecule has 1 heterocycles. The smallest absolute Gasteiger partial charge is 0.257 e. The van der Waals surface area contributed by atoms with Gasteiger partial charge in [0.25, 0.3) is 5.91 Å². The molecule has 5 heteroatoms. The van der Waals surface area contributed by atoms with Crippen molar-refractivity contribution in [2.24, 2.45) is 0 Å². The molecule has 0 aromatic carbocycles. The van der Waals surface area contributed by atoms with E-state index in [1.807, 2.05) is 11.8 Å². The highest BCUT2D eigenvalue weighted by Crippen LogP contribution is 2.03. The number of H-pyrrole nitrogens is 1. The molecule has 0 aliphatic rings. The first-order valence-corrected chi connectivity index (χ1v) is 5.75. The Kier molecular flexibility index (Phi) is 4.65. The molecule has 14 heavy (non-hydrogen) atoms. The first-order valence-electron chi connectivity index (χ1n) is 4.63. The predicted octanol–water partition coefficient (Wildman–Crippen LogP) is 1.66. The van der Waals surface area contributed by atoms with E-state index in [0.717, 1.165) is 24.8 Å². The fourth-order valence-corrected chi connectivity index (χ4v) is 1.46. The van der Waals surface area contributed by atoms with Crippen molar-refractivity contribution in [3.63, 3.8) is 0 Å². The van der Waals surface area contributed by atoms with Gasteiger partial charge < -0.3 is 4.90 Å². The lowest BCUT2D eigenvalue weighted by Gasteiger charge is -2.19. The minimum Gasteiger partial charge on any atom is -0.339 e. The minimum absolute atomic E-state index is 0.0437. The van der Waals surface area contributed by atoms with E-state index in [4.69, 9.17) is 0 Å². The van der Waals surface area contributed by atoms with Crippen LogP contribution in [0.5, 0.6) is 0 Å². The fourth-order valence-electron chi connectivity index (χ4n) is 1.20. The second kappa shape index (κ2) is 5.80. The van der Waals surface area contributed by atoms with Gasteiger partial charge in [0.05, 0.1) is 11.8 Å². The van der Waals surface area contributed by atoms with Gasteiger partial charge in [0.2, 0.25) is 0 Å². The van der Waals surface area contributed by atoms with Gasteiger partial charge in [-0.1, -0.05) is 15.9 Å². The zero-order valence-electron chi connectivity index (χ0n) is 8.16. The molecule has 0 atom stereocenters. The molecular weight excluding hydrogens is 246 g/mol. The van der Waals surface area contributed by atoms with Crippen LogP contribution in [0.15, 0.2) is 12.4 Å². The summed E-state index contributed by atoms with van der Waals surface area (Å²) in [7, 11) is 0. The Hall–Kier alpha value is -0.840. The lowest BCUT2D eigenvalue weighted by atomic mass is 10.3. The predicted molar refractivity (Wildman–Crippen MR) is 58.6 cm³/mol. The number of hydrogen-bond acceptors (Lipinski definition) is 2. The van der Waals surface area contributed by atoms with Gasteiger partial charge in [-0.15, -0.1) is 0 Å². The lowest BCUT2D eigenvalue weighted by molar-refractivity contribution is 0.0765. The summed E-state index contributed by atoms with van der Waals surface area (Å²) in [4.78, 5) is 13.6. The number of nitrogens with one attached hydrogen (secondary N) is 1. The van der Waals surface area contributed by atoms with Gasteiger partial charge in [-0.25, -0.2) is 0 Å². The maximum Gasteiger partial charge on any atom is 0.257 e. The molecule has 0 saturated heterocycles. The Bertz CT molecular complexity index is 274. The molecule has 1 rings (SSSR count). The van der Waals surface area contributed by atoms with Gasteiger partial charge in [0.1, 0.15) is 0 Å². The van der Waals surface area contributed by atoms with Crippen molar-refractivity contribution in [1.82, 2.24) is 15.1 Å². The summed E-state index contributed by atoms with van der Waals surface area (Å²) in [6, 6.07) is 0. The highest BCUT2D eigenvalue weighted by Gasteiger charge is 2.13. The normalized spacial score (nSPS) is 10.1. The Morgan fingerprint density at radius 3 is 3.00 bits per heavy atom. The van der Waals surface area contributed by atoms with Crippen molar-refractivity contribution in [2.75, 3.05) is 18.4 Å². The summed E-state index contributed by atoms with van der Waals surface area (Å²) in [6.07, 6.45) is 4.15. The van der Waals surface area contributed by atoms with Crippen LogP contribution in [0, 0.1) is 0 Å².